The fourth-order valence-electron chi connectivity index (χ4n) is 3.24. The molecule has 1 fully saturated rings. The van der Waals surface area contributed by atoms with Gasteiger partial charge in [0.05, 0.1) is 25.8 Å². The molecule has 160 valence electrons. The first-order valence-electron chi connectivity index (χ1n) is 9.75. The number of ether oxygens (including phenoxy) is 2. The Kier molecular flexibility index (Phi) is 10.8. The van der Waals surface area contributed by atoms with Gasteiger partial charge in [-0.15, -0.1) is 35.3 Å². The summed E-state index contributed by atoms with van der Waals surface area (Å²) in [6.45, 7) is 7.66. The van der Waals surface area contributed by atoms with Gasteiger partial charge in [0.15, 0.2) is 5.96 Å². The molecule has 1 unspecified atom stereocenters. The molecule has 29 heavy (non-hydrogen) atoms. The molecular weight excluding hydrogens is 499 g/mol. The van der Waals surface area contributed by atoms with Gasteiger partial charge in [-0.2, -0.15) is 0 Å². The van der Waals surface area contributed by atoms with Crippen LogP contribution in [0.1, 0.15) is 16.5 Å². The molecule has 1 aromatic heterocycles. The van der Waals surface area contributed by atoms with Crippen LogP contribution in [0.3, 0.4) is 0 Å². The van der Waals surface area contributed by atoms with Crippen molar-refractivity contribution in [1.29, 1.82) is 0 Å². The summed E-state index contributed by atoms with van der Waals surface area (Å²) in [6, 6.07) is 12.7. The van der Waals surface area contributed by atoms with Gasteiger partial charge in [0.1, 0.15) is 12.4 Å². The molecular formula is C21H31IN4O2S. The predicted molar refractivity (Wildman–Crippen MR) is 131 cm³/mol. The van der Waals surface area contributed by atoms with Gasteiger partial charge in [-0.05, 0) is 36.1 Å². The van der Waals surface area contributed by atoms with Crippen molar-refractivity contribution in [2.45, 2.75) is 13.0 Å². The molecule has 8 heteroatoms. The Bertz CT molecular complexity index is 736. The van der Waals surface area contributed by atoms with Gasteiger partial charge >= 0.3 is 0 Å². The average molecular weight is 530 g/mol. The second kappa shape index (κ2) is 13.0. The number of aliphatic imine (C=N–C) groups is 1. The molecule has 1 aliphatic heterocycles. The fourth-order valence-corrected chi connectivity index (χ4v) is 4.10. The summed E-state index contributed by atoms with van der Waals surface area (Å²) in [6.07, 6.45) is 0. The van der Waals surface area contributed by atoms with Gasteiger partial charge in [0, 0.05) is 31.6 Å². The highest BCUT2D eigenvalue weighted by Gasteiger charge is 2.23. The van der Waals surface area contributed by atoms with Crippen molar-refractivity contribution in [2.75, 3.05) is 53.0 Å². The maximum Gasteiger partial charge on any atom is 0.191 e. The SMILES string of the molecule is CN=C(NCCOc1cccc(C)c1)NCC(c1cccs1)N1CCOCC1.I. The highest BCUT2D eigenvalue weighted by molar-refractivity contribution is 14.0. The smallest absolute Gasteiger partial charge is 0.191 e. The quantitative estimate of drug-likeness (QED) is 0.238. The summed E-state index contributed by atoms with van der Waals surface area (Å²) < 4.78 is 11.3. The van der Waals surface area contributed by atoms with Crippen LogP contribution >= 0.6 is 35.3 Å². The summed E-state index contributed by atoms with van der Waals surface area (Å²) in [5.41, 5.74) is 1.20. The average Bonchev–Trinajstić information content (AvgIpc) is 3.25. The minimum absolute atomic E-state index is 0. The molecule has 0 amide bonds. The lowest BCUT2D eigenvalue weighted by atomic mass is 10.2. The fraction of sp³-hybridized carbons (Fsp3) is 0.476. The largest absolute Gasteiger partial charge is 0.492 e. The number of thiophene rings is 1. The number of hydrogen-bond donors (Lipinski definition) is 2. The predicted octanol–water partition coefficient (Wildman–Crippen LogP) is 3.29. The lowest BCUT2D eigenvalue weighted by Crippen LogP contribution is -2.46. The van der Waals surface area contributed by atoms with Crippen LogP contribution in [-0.2, 0) is 4.74 Å². The molecule has 2 N–H and O–H groups in total. The Morgan fingerprint density at radius 3 is 2.76 bits per heavy atom. The first-order chi connectivity index (χ1) is 13.8. The molecule has 0 bridgehead atoms. The lowest BCUT2D eigenvalue weighted by molar-refractivity contribution is 0.0177. The number of nitrogens with zero attached hydrogens (tertiary/aromatic N) is 2. The van der Waals surface area contributed by atoms with E-state index in [1.165, 1.54) is 10.4 Å². The van der Waals surface area contributed by atoms with E-state index in [4.69, 9.17) is 9.47 Å². The minimum Gasteiger partial charge on any atom is -0.492 e. The first kappa shape index (κ1) is 23.9. The van der Waals surface area contributed by atoms with Gasteiger partial charge in [0.2, 0.25) is 0 Å². The summed E-state index contributed by atoms with van der Waals surface area (Å²) in [7, 11) is 1.80. The number of benzene rings is 1. The highest BCUT2D eigenvalue weighted by atomic mass is 127. The normalized spacial score (nSPS) is 16.0. The zero-order valence-electron chi connectivity index (χ0n) is 17.1. The monoisotopic (exact) mass is 530 g/mol. The first-order valence-corrected chi connectivity index (χ1v) is 10.6. The minimum atomic E-state index is 0. The number of aryl methyl sites for hydroxylation is 1. The van der Waals surface area contributed by atoms with Crippen molar-refractivity contribution in [3.8, 4) is 5.75 Å². The molecule has 6 nitrogen and oxygen atoms in total. The third-order valence-corrected chi connectivity index (χ3v) is 5.67. The van der Waals surface area contributed by atoms with E-state index in [1.807, 2.05) is 18.2 Å². The van der Waals surface area contributed by atoms with Crippen molar-refractivity contribution in [2.24, 2.45) is 4.99 Å². The third kappa shape index (κ3) is 7.76. The standard InChI is InChI=1S/C21H30N4O2S.HI/c1-17-5-3-6-18(15-17)27-11-8-23-21(22-2)24-16-19(20-7-4-14-28-20)25-9-12-26-13-10-25;/h3-7,14-15,19H,8-13,16H2,1-2H3,(H2,22,23,24);1H. The van der Waals surface area contributed by atoms with E-state index in [0.717, 1.165) is 44.6 Å². The van der Waals surface area contributed by atoms with Crippen LogP contribution in [0.25, 0.3) is 0 Å². The van der Waals surface area contributed by atoms with Crippen LogP contribution in [0.5, 0.6) is 5.75 Å². The molecule has 0 saturated carbocycles. The number of halogens is 1. The second-order valence-corrected chi connectivity index (χ2v) is 7.70. The Morgan fingerprint density at radius 2 is 2.07 bits per heavy atom. The Morgan fingerprint density at radius 1 is 1.24 bits per heavy atom. The van der Waals surface area contributed by atoms with Gasteiger partial charge in [-0.1, -0.05) is 18.2 Å². The summed E-state index contributed by atoms with van der Waals surface area (Å²) in [5, 5.41) is 8.94. The molecule has 0 spiro atoms. The summed E-state index contributed by atoms with van der Waals surface area (Å²) in [5.74, 6) is 1.69. The number of nitrogens with one attached hydrogen (secondary N) is 2. The number of morpholine rings is 1. The van der Waals surface area contributed by atoms with E-state index in [-0.39, 0.29) is 24.0 Å². The van der Waals surface area contributed by atoms with Crippen molar-refractivity contribution in [3.63, 3.8) is 0 Å². The van der Waals surface area contributed by atoms with E-state index < -0.39 is 0 Å². The van der Waals surface area contributed by atoms with Crippen LogP contribution < -0.4 is 15.4 Å². The van der Waals surface area contributed by atoms with Gasteiger partial charge < -0.3 is 20.1 Å². The van der Waals surface area contributed by atoms with Gasteiger partial charge in [-0.3, -0.25) is 9.89 Å². The van der Waals surface area contributed by atoms with Crippen LogP contribution in [0.4, 0.5) is 0 Å². The van der Waals surface area contributed by atoms with E-state index in [2.05, 4.69) is 51.0 Å². The Balaban J connectivity index is 0.00000300. The van der Waals surface area contributed by atoms with Crippen LogP contribution in [0.15, 0.2) is 46.8 Å². The van der Waals surface area contributed by atoms with Crippen LogP contribution in [-0.4, -0.2) is 63.9 Å². The zero-order chi connectivity index (χ0) is 19.6. The van der Waals surface area contributed by atoms with Crippen molar-refractivity contribution >= 4 is 41.3 Å². The summed E-state index contributed by atoms with van der Waals surface area (Å²) >= 11 is 1.80. The maximum atomic E-state index is 5.80. The van der Waals surface area contributed by atoms with Gasteiger partial charge in [-0.25, -0.2) is 0 Å². The van der Waals surface area contributed by atoms with Crippen molar-refractivity contribution < 1.29 is 9.47 Å². The maximum absolute atomic E-state index is 5.80. The highest BCUT2D eigenvalue weighted by Crippen LogP contribution is 2.25. The molecule has 1 aliphatic rings. The molecule has 1 aromatic carbocycles. The number of guanidine groups is 1. The molecule has 0 radical (unpaired) electrons. The molecule has 0 aliphatic carbocycles. The van der Waals surface area contributed by atoms with Crippen LogP contribution in [0.2, 0.25) is 0 Å². The topological polar surface area (TPSA) is 58.1 Å². The zero-order valence-corrected chi connectivity index (χ0v) is 20.2. The Hall–Kier alpha value is -1.36. The molecule has 2 aromatic rings. The second-order valence-electron chi connectivity index (χ2n) is 6.72. The van der Waals surface area contributed by atoms with E-state index in [9.17, 15) is 0 Å². The van der Waals surface area contributed by atoms with Crippen molar-refractivity contribution in [3.05, 3.63) is 52.2 Å². The van der Waals surface area contributed by atoms with Crippen molar-refractivity contribution in [1.82, 2.24) is 15.5 Å². The van der Waals surface area contributed by atoms with Gasteiger partial charge in [0.25, 0.3) is 0 Å². The lowest BCUT2D eigenvalue weighted by Gasteiger charge is -2.34. The van der Waals surface area contributed by atoms with Crippen LogP contribution in [0, 0.1) is 6.92 Å². The van der Waals surface area contributed by atoms with E-state index >= 15 is 0 Å². The molecule has 1 atom stereocenters. The molecule has 1 saturated heterocycles. The van der Waals surface area contributed by atoms with E-state index in [0.29, 0.717) is 19.2 Å². The molecule has 3 rings (SSSR count). The van der Waals surface area contributed by atoms with E-state index in [1.54, 1.807) is 18.4 Å². The molecule has 2 heterocycles. The summed E-state index contributed by atoms with van der Waals surface area (Å²) in [4.78, 5) is 8.19. The number of hydrogen-bond acceptors (Lipinski definition) is 5. The number of rotatable bonds is 8. The third-order valence-electron chi connectivity index (χ3n) is 4.70. The Labute approximate surface area is 194 Å².